The summed E-state index contributed by atoms with van der Waals surface area (Å²) < 4.78 is 5.43. The predicted octanol–water partition coefficient (Wildman–Crippen LogP) is 3.04. The Hall–Kier alpha value is -1.24. The van der Waals surface area contributed by atoms with E-state index in [0.29, 0.717) is 0 Å². The van der Waals surface area contributed by atoms with E-state index in [0.717, 1.165) is 25.2 Å². The van der Waals surface area contributed by atoms with Crippen LogP contribution in [0.3, 0.4) is 0 Å². The zero-order chi connectivity index (χ0) is 9.10. The smallest absolute Gasteiger partial charge is 0.122 e. The van der Waals surface area contributed by atoms with Crippen LogP contribution in [0, 0.1) is 0 Å². The second kappa shape index (κ2) is 3.65. The number of fused-ring (bicyclic) bond motifs is 1. The molecule has 1 aromatic rings. The van der Waals surface area contributed by atoms with Crippen LogP contribution in [0.25, 0.3) is 6.08 Å². The van der Waals surface area contributed by atoms with Gasteiger partial charge in [-0.2, -0.15) is 0 Å². The summed E-state index contributed by atoms with van der Waals surface area (Å²) in [4.78, 5) is 0. The van der Waals surface area contributed by atoms with E-state index >= 15 is 0 Å². The van der Waals surface area contributed by atoms with Gasteiger partial charge >= 0.3 is 0 Å². The van der Waals surface area contributed by atoms with Crippen LogP contribution in [-0.4, -0.2) is 6.61 Å². The molecule has 0 bridgehead atoms. The third kappa shape index (κ3) is 1.74. The fourth-order valence-corrected chi connectivity index (χ4v) is 1.56. The maximum absolute atomic E-state index is 5.43. The molecule has 1 aliphatic rings. The van der Waals surface area contributed by atoms with E-state index in [1.165, 1.54) is 11.1 Å². The van der Waals surface area contributed by atoms with Gasteiger partial charge in [0.15, 0.2) is 0 Å². The molecular formula is C12H14O. The molecular weight excluding hydrogens is 160 g/mol. The molecule has 1 nitrogen and oxygen atoms in total. The van der Waals surface area contributed by atoms with Crippen LogP contribution in [0.2, 0.25) is 0 Å². The largest absolute Gasteiger partial charge is 0.493 e. The number of ether oxygens (including phenoxy) is 1. The Balaban J connectivity index is 2.25. The molecule has 0 saturated heterocycles. The lowest BCUT2D eigenvalue weighted by atomic mass is 10.1. The van der Waals surface area contributed by atoms with Gasteiger partial charge < -0.3 is 4.74 Å². The fourth-order valence-electron chi connectivity index (χ4n) is 1.56. The first-order valence-electron chi connectivity index (χ1n) is 4.82. The summed E-state index contributed by atoms with van der Waals surface area (Å²) in [6.07, 6.45) is 6.49. The van der Waals surface area contributed by atoms with Gasteiger partial charge in [0.25, 0.3) is 0 Å². The van der Waals surface area contributed by atoms with Gasteiger partial charge in [-0.05, 0) is 29.7 Å². The lowest BCUT2D eigenvalue weighted by Gasteiger charge is -1.99. The highest BCUT2D eigenvalue weighted by molar-refractivity contribution is 5.54. The van der Waals surface area contributed by atoms with Crippen molar-refractivity contribution in [3.8, 4) is 5.75 Å². The van der Waals surface area contributed by atoms with Gasteiger partial charge in [0.2, 0.25) is 0 Å². The van der Waals surface area contributed by atoms with Crippen LogP contribution in [0.4, 0.5) is 0 Å². The Morgan fingerprint density at radius 3 is 3.23 bits per heavy atom. The number of allylic oxidation sites excluding steroid dienone is 1. The number of benzene rings is 1. The Bertz CT molecular complexity index is 326. The van der Waals surface area contributed by atoms with Crippen molar-refractivity contribution in [1.82, 2.24) is 0 Å². The van der Waals surface area contributed by atoms with E-state index in [1.54, 1.807) is 0 Å². The van der Waals surface area contributed by atoms with E-state index < -0.39 is 0 Å². The zero-order valence-electron chi connectivity index (χ0n) is 7.92. The van der Waals surface area contributed by atoms with Gasteiger partial charge in [-0.25, -0.2) is 0 Å². The molecule has 0 fully saturated rings. The van der Waals surface area contributed by atoms with Crippen molar-refractivity contribution in [3.05, 3.63) is 35.4 Å². The topological polar surface area (TPSA) is 9.23 Å². The van der Waals surface area contributed by atoms with Gasteiger partial charge in [0, 0.05) is 6.42 Å². The Morgan fingerprint density at radius 1 is 1.46 bits per heavy atom. The fraction of sp³-hybridized carbons (Fsp3) is 0.333. The van der Waals surface area contributed by atoms with E-state index in [1.807, 2.05) is 0 Å². The van der Waals surface area contributed by atoms with Crippen LogP contribution in [0.15, 0.2) is 24.3 Å². The van der Waals surface area contributed by atoms with Gasteiger partial charge in [0.1, 0.15) is 5.75 Å². The second-order valence-electron chi connectivity index (χ2n) is 3.28. The third-order valence-corrected chi connectivity index (χ3v) is 2.26. The van der Waals surface area contributed by atoms with Crippen molar-refractivity contribution in [2.45, 2.75) is 19.8 Å². The molecule has 0 atom stereocenters. The molecule has 1 aromatic carbocycles. The van der Waals surface area contributed by atoms with E-state index in [4.69, 9.17) is 4.74 Å². The van der Waals surface area contributed by atoms with Gasteiger partial charge in [-0.3, -0.25) is 0 Å². The van der Waals surface area contributed by atoms with Crippen molar-refractivity contribution in [3.63, 3.8) is 0 Å². The first-order valence-corrected chi connectivity index (χ1v) is 4.82. The normalized spacial score (nSPS) is 14.5. The van der Waals surface area contributed by atoms with Crippen molar-refractivity contribution in [2.75, 3.05) is 6.61 Å². The number of rotatable bonds is 2. The minimum atomic E-state index is 0.844. The number of hydrogen-bond donors (Lipinski definition) is 0. The lowest BCUT2D eigenvalue weighted by molar-refractivity contribution is 0.357. The molecule has 0 unspecified atom stereocenters. The molecule has 2 rings (SSSR count). The van der Waals surface area contributed by atoms with Crippen molar-refractivity contribution in [2.24, 2.45) is 0 Å². The first-order chi connectivity index (χ1) is 6.40. The summed E-state index contributed by atoms with van der Waals surface area (Å²) in [6.45, 7) is 2.99. The maximum atomic E-state index is 5.43. The molecule has 0 amide bonds. The van der Waals surface area contributed by atoms with Crippen LogP contribution < -0.4 is 4.74 Å². The number of hydrogen-bond acceptors (Lipinski definition) is 1. The van der Waals surface area contributed by atoms with Crippen LogP contribution >= 0.6 is 0 Å². The standard InChI is InChI=1S/C12H14O/c1-2-3-4-10-5-6-12-11(9-10)7-8-13-12/h3-6,9H,2,7-8H2,1H3/b4-3+. The summed E-state index contributed by atoms with van der Waals surface area (Å²) in [6, 6.07) is 6.39. The highest BCUT2D eigenvalue weighted by Crippen LogP contribution is 2.26. The van der Waals surface area contributed by atoms with Gasteiger partial charge in [0.05, 0.1) is 6.61 Å². The van der Waals surface area contributed by atoms with E-state index in [9.17, 15) is 0 Å². The second-order valence-corrected chi connectivity index (χ2v) is 3.28. The van der Waals surface area contributed by atoms with E-state index in [-0.39, 0.29) is 0 Å². The van der Waals surface area contributed by atoms with Crippen LogP contribution in [-0.2, 0) is 6.42 Å². The summed E-state index contributed by atoms with van der Waals surface area (Å²) in [7, 11) is 0. The average Bonchev–Trinajstić information content (AvgIpc) is 2.61. The Kier molecular flexibility index (Phi) is 2.35. The van der Waals surface area contributed by atoms with E-state index in [2.05, 4.69) is 37.3 Å². The van der Waals surface area contributed by atoms with Crippen molar-refractivity contribution >= 4 is 6.08 Å². The quantitative estimate of drug-likeness (QED) is 0.669. The molecule has 0 aromatic heterocycles. The zero-order valence-corrected chi connectivity index (χ0v) is 7.92. The average molecular weight is 174 g/mol. The molecule has 0 spiro atoms. The lowest BCUT2D eigenvalue weighted by Crippen LogP contribution is -1.85. The third-order valence-electron chi connectivity index (χ3n) is 2.26. The summed E-state index contributed by atoms with van der Waals surface area (Å²) >= 11 is 0. The molecule has 13 heavy (non-hydrogen) atoms. The molecule has 1 heteroatoms. The highest BCUT2D eigenvalue weighted by Gasteiger charge is 2.10. The summed E-state index contributed by atoms with van der Waals surface area (Å²) in [5.41, 5.74) is 2.63. The minimum absolute atomic E-state index is 0.844. The minimum Gasteiger partial charge on any atom is -0.493 e. The first kappa shape index (κ1) is 8.36. The SMILES string of the molecule is CC/C=C/c1ccc2c(c1)CCO2. The van der Waals surface area contributed by atoms with Crippen molar-refractivity contribution in [1.29, 1.82) is 0 Å². The monoisotopic (exact) mass is 174 g/mol. The van der Waals surface area contributed by atoms with Crippen LogP contribution in [0.1, 0.15) is 24.5 Å². The predicted molar refractivity (Wildman–Crippen MR) is 55.0 cm³/mol. The molecule has 0 saturated carbocycles. The van der Waals surface area contributed by atoms with Crippen LogP contribution in [0.5, 0.6) is 5.75 Å². The molecule has 1 aliphatic heterocycles. The summed E-state index contributed by atoms with van der Waals surface area (Å²) in [5, 5.41) is 0. The molecule has 0 N–H and O–H groups in total. The van der Waals surface area contributed by atoms with Crippen molar-refractivity contribution < 1.29 is 4.74 Å². The summed E-state index contributed by atoms with van der Waals surface area (Å²) in [5.74, 6) is 1.06. The van der Waals surface area contributed by atoms with Gasteiger partial charge in [-0.1, -0.05) is 25.1 Å². The Morgan fingerprint density at radius 2 is 2.38 bits per heavy atom. The maximum Gasteiger partial charge on any atom is 0.122 e. The Labute approximate surface area is 79.0 Å². The molecule has 0 aliphatic carbocycles. The molecule has 68 valence electrons. The molecule has 0 radical (unpaired) electrons. The van der Waals surface area contributed by atoms with Gasteiger partial charge in [-0.15, -0.1) is 0 Å². The highest BCUT2D eigenvalue weighted by atomic mass is 16.5. The molecule has 1 heterocycles.